The number of fused-ring (bicyclic) bond motifs is 1. The summed E-state index contributed by atoms with van der Waals surface area (Å²) in [5.41, 5.74) is 1.77. The molecule has 1 saturated carbocycles. The largest absolute Gasteiger partial charge is 0.481 e. The molecule has 4 nitrogen and oxygen atoms in total. The number of carbonyl (C=O) groups excluding carboxylic acids is 1. The van der Waals surface area contributed by atoms with Crippen LogP contribution in [-0.4, -0.2) is 23.5 Å². The van der Waals surface area contributed by atoms with E-state index in [9.17, 15) is 14.7 Å². The Labute approximate surface area is 118 Å². The molecule has 1 aromatic carbocycles. The van der Waals surface area contributed by atoms with Gasteiger partial charge in [0, 0.05) is 12.5 Å². The average Bonchev–Trinajstić information content (AvgIpc) is 2.80. The quantitative estimate of drug-likeness (QED) is 0.878. The number of carboxylic acids is 1. The van der Waals surface area contributed by atoms with Gasteiger partial charge in [0.15, 0.2) is 0 Å². The van der Waals surface area contributed by atoms with Crippen LogP contribution >= 0.6 is 0 Å². The van der Waals surface area contributed by atoms with Crippen molar-refractivity contribution in [2.24, 2.45) is 11.3 Å². The second kappa shape index (κ2) is 4.93. The van der Waals surface area contributed by atoms with Crippen molar-refractivity contribution in [1.29, 1.82) is 0 Å². The molecule has 0 aromatic heterocycles. The van der Waals surface area contributed by atoms with Crippen molar-refractivity contribution in [2.45, 2.75) is 32.1 Å². The van der Waals surface area contributed by atoms with Crippen molar-refractivity contribution in [1.82, 2.24) is 5.32 Å². The van der Waals surface area contributed by atoms with Gasteiger partial charge >= 0.3 is 5.97 Å². The normalized spacial score (nSPS) is 20.0. The lowest BCUT2D eigenvalue weighted by atomic mass is 9.68. The molecule has 0 saturated heterocycles. The molecule has 0 radical (unpaired) electrons. The smallest absolute Gasteiger partial charge is 0.311 e. The fourth-order valence-corrected chi connectivity index (χ4v) is 3.21. The van der Waals surface area contributed by atoms with Gasteiger partial charge < -0.3 is 10.4 Å². The Morgan fingerprint density at radius 3 is 2.25 bits per heavy atom. The lowest BCUT2D eigenvalue weighted by Gasteiger charge is -2.37. The Balaban J connectivity index is 1.58. The van der Waals surface area contributed by atoms with Crippen LogP contribution < -0.4 is 5.32 Å². The van der Waals surface area contributed by atoms with Crippen LogP contribution in [0, 0.1) is 11.3 Å². The van der Waals surface area contributed by atoms with E-state index in [1.807, 2.05) is 12.1 Å². The molecule has 20 heavy (non-hydrogen) atoms. The zero-order valence-electron chi connectivity index (χ0n) is 11.4. The number of carbonyl (C=O) groups is 2. The van der Waals surface area contributed by atoms with Crippen molar-refractivity contribution in [3.63, 3.8) is 0 Å². The van der Waals surface area contributed by atoms with Crippen molar-refractivity contribution in [3.8, 4) is 0 Å². The molecule has 4 heteroatoms. The summed E-state index contributed by atoms with van der Waals surface area (Å²) >= 11 is 0. The number of carboxylic acid groups (broad SMARTS) is 1. The lowest BCUT2D eigenvalue weighted by molar-refractivity contribution is -0.154. The molecule has 0 bridgehead atoms. The van der Waals surface area contributed by atoms with Crippen LogP contribution in [0.5, 0.6) is 0 Å². The number of aliphatic carboxylic acids is 1. The molecule has 0 unspecified atom stereocenters. The van der Waals surface area contributed by atoms with E-state index < -0.39 is 11.4 Å². The van der Waals surface area contributed by atoms with Crippen LogP contribution in [0.4, 0.5) is 0 Å². The molecule has 0 aliphatic heterocycles. The molecule has 1 aromatic rings. The van der Waals surface area contributed by atoms with Gasteiger partial charge in [-0.05, 0) is 36.8 Å². The van der Waals surface area contributed by atoms with Crippen LogP contribution in [0.2, 0.25) is 0 Å². The van der Waals surface area contributed by atoms with Crippen LogP contribution in [0.15, 0.2) is 24.3 Å². The number of amides is 1. The van der Waals surface area contributed by atoms with Crippen molar-refractivity contribution < 1.29 is 14.7 Å². The third kappa shape index (κ3) is 2.19. The molecular weight excluding hydrogens is 254 g/mol. The van der Waals surface area contributed by atoms with E-state index in [1.54, 1.807) is 0 Å². The third-order valence-corrected chi connectivity index (χ3v) is 4.79. The first-order valence-corrected chi connectivity index (χ1v) is 7.19. The highest BCUT2D eigenvalue weighted by atomic mass is 16.4. The zero-order valence-corrected chi connectivity index (χ0v) is 11.4. The first-order valence-electron chi connectivity index (χ1n) is 7.19. The molecule has 106 valence electrons. The molecule has 0 atom stereocenters. The minimum absolute atomic E-state index is 0.00581. The topological polar surface area (TPSA) is 66.4 Å². The molecule has 3 rings (SSSR count). The maximum atomic E-state index is 12.2. The second-order valence-electron chi connectivity index (χ2n) is 6.03. The van der Waals surface area contributed by atoms with E-state index in [4.69, 9.17) is 0 Å². The summed E-state index contributed by atoms with van der Waals surface area (Å²) in [6, 6.07) is 8.11. The van der Waals surface area contributed by atoms with E-state index in [1.165, 1.54) is 11.1 Å². The Hall–Kier alpha value is -1.84. The first-order chi connectivity index (χ1) is 9.61. The Bertz CT molecular complexity index is 523. The summed E-state index contributed by atoms with van der Waals surface area (Å²) < 4.78 is 0. The second-order valence-corrected chi connectivity index (χ2v) is 6.03. The van der Waals surface area contributed by atoms with Gasteiger partial charge in [-0.2, -0.15) is 0 Å². The number of hydrogen-bond acceptors (Lipinski definition) is 2. The molecule has 2 aliphatic rings. The van der Waals surface area contributed by atoms with Crippen molar-refractivity contribution in [2.75, 3.05) is 6.54 Å². The Kier molecular flexibility index (Phi) is 3.24. The van der Waals surface area contributed by atoms with Gasteiger partial charge in [-0.25, -0.2) is 0 Å². The summed E-state index contributed by atoms with van der Waals surface area (Å²) in [6.45, 7) is 0.272. The monoisotopic (exact) mass is 273 g/mol. The van der Waals surface area contributed by atoms with Crippen LogP contribution in [0.25, 0.3) is 0 Å². The molecule has 0 spiro atoms. The highest BCUT2D eigenvalue weighted by Crippen LogP contribution is 2.40. The fraction of sp³-hybridized carbons (Fsp3) is 0.500. The highest BCUT2D eigenvalue weighted by molar-refractivity contribution is 5.82. The van der Waals surface area contributed by atoms with Gasteiger partial charge in [-0.15, -0.1) is 0 Å². The molecule has 0 heterocycles. The van der Waals surface area contributed by atoms with Crippen molar-refractivity contribution >= 4 is 11.9 Å². The highest BCUT2D eigenvalue weighted by Gasteiger charge is 2.44. The standard InChI is InChI=1S/C16H19NO3/c18-14(17-10-16(15(19)20)6-3-7-16)13-8-11-4-1-2-5-12(11)9-13/h1-2,4-5,13H,3,6-10H2,(H,17,18)(H,19,20). The van der Waals surface area contributed by atoms with Crippen LogP contribution in [0.1, 0.15) is 30.4 Å². The Morgan fingerprint density at radius 1 is 1.20 bits per heavy atom. The number of nitrogens with one attached hydrogen (secondary N) is 1. The van der Waals surface area contributed by atoms with E-state index in [0.717, 1.165) is 19.3 Å². The minimum Gasteiger partial charge on any atom is -0.481 e. The van der Waals surface area contributed by atoms with Gasteiger partial charge in [0.25, 0.3) is 0 Å². The van der Waals surface area contributed by atoms with Crippen LogP contribution in [-0.2, 0) is 22.4 Å². The molecule has 1 amide bonds. The van der Waals surface area contributed by atoms with E-state index in [2.05, 4.69) is 17.4 Å². The summed E-state index contributed by atoms with van der Waals surface area (Å²) in [5.74, 6) is -0.828. The summed E-state index contributed by atoms with van der Waals surface area (Å²) in [4.78, 5) is 23.5. The number of rotatable bonds is 4. The average molecular weight is 273 g/mol. The van der Waals surface area contributed by atoms with E-state index >= 15 is 0 Å². The van der Waals surface area contributed by atoms with Crippen LogP contribution in [0.3, 0.4) is 0 Å². The maximum Gasteiger partial charge on any atom is 0.311 e. The van der Waals surface area contributed by atoms with Crippen molar-refractivity contribution in [3.05, 3.63) is 35.4 Å². The zero-order chi connectivity index (χ0) is 14.2. The van der Waals surface area contributed by atoms with Gasteiger partial charge in [0.1, 0.15) is 0 Å². The molecule has 1 fully saturated rings. The molecule has 2 aliphatic carbocycles. The van der Waals surface area contributed by atoms with E-state index in [-0.39, 0.29) is 18.4 Å². The van der Waals surface area contributed by atoms with E-state index in [0.29, 0.717) is 12.8 Å². The summed E-state index contributed by atoms with van der Waals surface area (Å²) in [7, 11) is 0. The van der Waals surface area contributed by atoms with Gasteiger partial charge in [0.05, 0.1) is 5.41 Å². The van der Waals surface area contributed by atoms with Gasteiger partial charge in [-0.1, -0.05) is 30.7 Å². The first kappa shape index (κ1) is 13.2. The lowest BCUT2D eigenvalue weighted by Crippen LogP contribution is -2.48. The van der Waals surface area contributed by atoms with Gasteiger partial charge in [-0.3, -0.25) is 9.59 Å². The number of hydrogen-bond donors (Lipinski definition) is 2. The predicted molar refractivity (Wildman–Crippen MR) is 74.3 cm³/mol. The maximum absolute atomic E-state index is 12.2. The predicted octanol–water partition coefficient (Wildman–Crippen LogP) is 1.77. The Morgan fingerprint density at radius 2 is 1.80 bits per heavy atom. The molecule has 2 N–H and O–H groups in total. The minimum atomic E-state index is -0.779. The fourth-order valence-electron chi connectivity index (χ4n) is 3.21. The number of benzene rings is 1. The summed E-state index contributed by atoms with van der Waals surface area (Å²) in [6.07, 6.45) is 3.82. The molecular formula is C16H19NO3. The SMILES string of the molecule is O=C(NCC1(C(=O)O)CCC1)C1Cc2ccccc2C1. The summed E-state index contributed by atoms with van der Waals surface area (Å²) in [5, 5.41) is 12.1. The van der Waals surface area contributed by atoms with Gasteiger partial charge in [0.2, 0.25) is 5.91 Å². The third-order valence-electron chi connectivity index (χ3n) is 4.79.